The number of amides is 1. The summed E-state index contributed by atoms with van der Waals surface area (Å²) in [5.41, 5.74) is 6.61. The molecule has 5 heteroatoms. The number of nitrogens with two attached hydrogens (primary N) is 1. The lowest BCUT2D eigenvalue weighted by molar-refractivity contribution is -0.132. The number of nitrogens with zero attached hydrogens (tertiary/aromatic N) is 1. The Kier molecular flexibility index (Phi) is 6.87. The van der Waals surface area contributed by atoms with E-state index in [9.17, 15) is 4.79 Å². The Morgan fingerprint density at radius 2 is 1.95 bits per heavy atom. The summed E-state index contributed by atoms with van der Waals surface area (Å²) in [6.07, 6.45) is 0.768. The number of benzene rings is 1. The van der Waals surface area contributed by atoms with Crippen molar-refractivity contribution in [1.82, 2.24) is 4.90 Å². The van der Waals surface area contributed by atoms with Gasteiger partial charge in [0.25, 0.3) is 5.91 Å². The van der Waals surface area contributed by atoms with E-state index in [2.05, 4.69) is 0 Å². The van der Waals surface area contributed by atoms with Gasteiger partial charge in [0.1, 0.15) is 0 Å². The van der Waals surface area contributed by atoms with Gasteiger partial charge >= 0.3 is 0 Å². The summed E-state index contributed by atoms with van der Waals surface area (Å²) in [6.45, 7) is 5.86. The first-order valence-electron chi connectivity index (χ1n) is 6.93. The molecule has 20 heavy (non-hydrogen) atoms. The highest BCUT2D eigenvalue weighted by atomic mass is 16.5. The quantitative estimate of drug-likeness (QED) is 0.782. The van der Waals surface area contributed by atoms with Crippen molar-refractivity contribution < 1.29 is 14.3 Å². The van der Waals surface area contributed by atoms with E-state index >= 15 is 0 Å². The number of carbonyl (C=O) groups is 1. The molecule has 0 aliphatic heterocycles. The molecule has 0 bridgehead atoms. The number of rotatable bonds is 8. The van der Waals surface area contributed by atoms with Gasteiger partial charge in [0.15, 0.2) is 18.1 Å². The lowest BCUT2D eigenvalue weighted by atomic mass is 10.1. The molecule has 0 aliphatic rings. The fraction of sp³-hybridized carbons (Fsp3) is 0.533. The van der Waals surface area contributed by atoms with E-state index in [0.717, 1.165) is 12.0 Å². The van der Waals surface area contributed by atoms with Gasteiger partial charge in [-0.1, -0.05) is 6.07 Å². The van der Waals surface area contributed by atoms with Gasteiger partial charge in [0.2, 0.25) is 0 Å². The molecule has 1 amide bonds. The Balaban J connectivity index is 2.74. The van der Waals surface area contributed by atoms with Crippen LogP contribution >= 0.6 is 0 Å². The van der Waals surface area contributed by atoms with Gasteiger partial charge in [-0.2, -0.15) is 0 Å². The minimum Gasteiger partial charge on any atom is -0.493 e. The molecule has 0 saturated heterocycles. The second-order valence-electron chi connectivity index (χ2n) is 4.38. The van der Waals surface area contributed by atoms with E-state index in [1.54, 1.807) is 12.0 Å². The zero-order valence-corrected chi connectivity index (χ0v) is 12.5. The topological polar surface area (TPSA) is 64.8 Å². The normalized spacial score (nSPS) is 10.2. The molecule has 1 aromatic carbocycles. The molecule has 0 atom stereocenters. The highest BCUT2D eigenvalue weighted by molar-refractivity contribution is 5.77. The molecule has 0 saturated carbocycles. The van der Waals surface area contributed by atoms with E-state index in [-0.39, 0.29) is 12.5 Å². The van der Waals surface area contributed by atoms with Crippen LogP contribution < -0.4 is 15.2 Å². The zero-order valence-electron chi connectivity index (χ0n) is 12.5. The van der Waals surface area contributed by atoms with Crippen LogP contribution in [0.2, 0.25) is 0 Å². The fourth-order valence-electron chi connectivity index (χ4n) is 1.96. The summed E-state index contributed by atoms with van der Waals surface area (Å²) in [4.78, 5) is 13.7. The van der Waals surface area contributed by atoms with Crippen LogP contribution in [0.25, 0.3) is 0 Å². The lowest BCUT2D eigenvalue weighted by Gasteiger charge is -2.19. The van der Waals surface area contributed by atoms with Gasteiger partial charge in [-0.05, 0) is 44.5 Å². The van der Waals surface area contributed by atoms with Crippen LogP contribution in [-0.2, 0) is 11.2 Å². The summed E-state index contributed by atoms with van der Waals surface area (Å²) in [5, 5.41) is 0. The number of ether oxygens (including phenoxy) is 2. The van der Waals surface area contributed by atoms with E-state index in [1.165, 1.54) is 0 Å². The molecule has 5 nitrogen and oxygen atoms in total. The molecule has 0 aromatic heterocycles. The van der Waals surface area contributed by atoms with Crippen LogP contribution in [0.1, 0.15) is 19.4 Å². The van der Waals surface area contributed by atoms with Crippen LogP contribution in [0.15, 0.2) is 18.2 Å². The van der Waals surface area contributed by atoms with Gasteiger partial charge in [-0.15, -0.1) is 0 Å². The number of methoxy groups -OCH3 is 1. The summed E-state index contributed by atoms with van der Waals surface area (Å²) in [6, 6.07) is 5.66. The summed E-state index contributed by atoms with van der Waals surface area (Å²) in [7, 11) is 1.58. The molecule has 1 aromatic rings. The third-order valence-electron chi connectivity index (χ3n) is 3.13. The Labute approximate surface area is 120 Å². The number of hydrogen-bond donors (Lipinski definition) is 1. The maximum atomic E-state index is 11.9. The van der Waals surface area contributed by atoms with E-state index in [4.69, 9.17) is 15.2 Å². The van der Waals surface area contributed by atoms with Crippen molar-refractivity contribution in [2.45, 2.75) is 20.3 Å². The summed E-state index contributed by atoms with van der Waals surface area (Å²) >= 11 is 0. The maximum Gasteiger partial charge on any atom is 0.260 e. The monoisotopic (exact) mass is 280 g/mol. The zero-order chi connectivity index (χ0) is 15.0. The third kappa shape index (κ3) is 4.42. The van der Waals surface area contributed by atoms with E-state index < -0.39 is 0 Å². The van der Waals surface area contributed by atoms with Crippen molar-refractivity contribution >= 4 is 5.91 Å². The first kappa shape index (κ1) is 16.3. The van der Waals surface area contributed by atoms with Crippen molar-refractivity contribution in [1.29, 1.82) is 0 Å². The fourth-order valence-corrected chi connectivity index (χ4v) is 1.96. The third-order valence-corrected chi connectivity index (χ3v) is 3.13. The van der Waals surface area contributed by atoms with Crippen LogP contribution in [0.5, 0.6) is 11.5 Å². The predicted octanol–water partition coefficient (Wildman–Crippen LogP) is 1.44. The lowest BCUT2D eigenvalue weighted by Crippen LogP contribution is -2.34. The highest BCUT2D eigenvalue weighted by Gasteiger charge is 2.12. The Morgan fingerprint density at radius 1 is 1.25 bits per heavy atom. The SMILES string of the molecule is CCN(CC)C(=O)COc1cc(CCN)ccc1OC. The molecule has 0 spiro atoms. The standard InChI is InChI=1S/C15H24N2O3/c1-4-17(5-2)15(18)11-20-14-10-12(8-9-16)6-7-13(14)19-3/h6-7,10H,4-5,8-9,11,16H2,1-3H3. The molecule has 112 valence electrons. The van der Waals surface area contributed by atoms with Gasteiger partial charge in [0, 0.05) is 13.1 Å². The van der Waals surface area contributed by atoms with Crippen molar-refractivity contribution in [2.24, 2.45) is 5.73 Å². The van der Waals surface area contributed by atoms with Crippen molar-refractivity contribution in [2.75, 3.05) is 33.4 Å². The second kappa shape index (κ2) is 8.43. The summed E-state index contributed by atoms with van der Waals surface area (Å²) in [5.74, 6) is 1.18. The molecule has 0 unspecified atom stereocenters. The van der Waals surface area contributed by atoms with Crippen LogP contribution in [0, 0.1) is 0 Å². The predicted molar refractivity (Wildman–Crippen MR) is 79.2 cm³/mol. The van der Waals surface area contributed by atoms with Crippen LogP contribution in [0.3, 0.4) is 0 Å². The van der Waals surface area contributed by atoms with E-state index in [0.29, 0.717) is 31.1 Å². The first-order valence-corrected chi connectivity index (χ1v) is 6.93. The maximum absolute atomic E-state index is 11.9. The Morgan fingerprint density at radius 3 is 2.50 bits per heavy atom. The Bertz CT molecular complexity index is 431. The summed E-state index contributed by atoms with van der Waals surface area (Å²) < 4.78 is 10.8. The molecular formula is C15H24N2O3. The average molecular weight is 280 g/mol. The highest BCUT2D eigenvalue weighted by Crippen LogP contribution is 2.28. The smallest absolute Gasteiger partial charge is 0.260 e. The number of likely N-dealkylation sites (N-methyl/N-ethyl adjacent to an activating group) is 1. The number of carbonyl (C=O) groups excluding carboxylic acids is 1. The molecule has 0 heterocycles. The van der Waals surface area contributed by atoms with Crippen molar-refractivity contribution in [3.05, 3.63) is 23.8 Å². The largest absolute Gasteiger partial charge is 0.493 e. The van der Waals surface area contributed by atoms with Crippen LogP contribution in [-0.4, -0.2) is 44.2 Å². The van der Waals surface area contributed by atoms with Gasteiger partial charge in [0.05, 0.1) is 7.11 Å². The van der Waals surface area contributed by atoms with E-state index in [1.807, 2.05) is 32.0 Å². The minimum absolute atomic E-state index is 0.0180. The van der Waals surface area contributed by atoms with Gasteiger partial charge in [-0.3, -0.25) is 4.79 Å². The van der Waals surface area contributed by atoms with Gasteiger partial charge in [-0.25, -0.2) is 0 Å². The molecule has 0 fully saturated rings. The molecule has 0 radical (unpaired) electrons. The molecular weight excluding hydrogens is 256 g/mol. The molecule has 0 aliphatic carbocycles. The van der Waals surface area contributed by atoms with Crippen molar-refractivity contribution in [3.63, 3.8) is 0 Å². The van der Waals surface area contributed by atoms with Crippen molar-refractivity contribution in [3.8, 4) is 11.5 Å². The first-order chi connectivity index (χ1) is 9.65. The Hall–Kier alpha value is -1.75. The molecule has 2 N–H and O–H groups in total. The second-order valence-corrected chi connectivity index (χ2v) is 4.38. The van der Waals surface area contributed by atoms with Crippen LogP contribution in [0.4, 0.5) is 0 Å². The van der Waals surface area contributed by atoms with Gasteiger partial charge < -0.3 is 20.1 Å². The number of hydrogen-bond acceptors (Lipinski definition) is 4. The minimum atomic E-state index is -0.0266. The molecule has 1 rings (SSSR count). The average Bonchev–Trinajstić information content (AvgIpc) is 2.47.